The van der Waals surface area contributed by atoms with Crippen molar-refractivity contribution in [1.29, 1.82) is 0 Å². The number of likely N-dealkylation sites (N-methyl/N-ethyl adjacent to an activating group) is 1. The van der Waals surface area contributed by atoms with E-state index in [-0.39, 0.29) is 19.1 Å². The predicted molar refractivity (Wildman–Crippen MR) is 159 cm³/mol. The number of benzene rings is 1. The molecule has 4 aromatic rings. The number of carbonyl (C=O) groups excluding carboxylic acids is 1. The summed E-state index contributed by atoms with van der Waals surface area (Å²) in [4.78, 5) is 36.0. The lowest BCUT2D eigenvalue weighted by Gasteiger charge is -2.39. The van der Waals surface area contributed by atoms with Crippen molar-refractivity contribution in [1.82, 2.24) is 24.8 Å². The van der Waals surface area contributed by atoms with E-state index in [1.54, 1.807) is 11.3 Å². The van der Waals surface area contributed by atoms with Gasteiger partial charge in [-0.25, -0.2) is 11.0 Å². The molecule has 0 bridgehead atoms. The molecule has 0 spiro atoms. The standard InChI is InChI=1S/C30H30FN7O2S/c1-19(31)29(39)38-12-11-37(17-23(38)16-32-2)28-26-25(34-30(35-28)40-18-22-7-5-10-36(22)3)14-21(15-33-26)24-8-4-6-20-9-13-41-27(20)24/h4,6,8-9,13-15,22-23H,1,5,7,10-12,16-18H2,3H3/t22-,23-/m0/s1. The van der Waals surface area contributed by atoms with Crippen LogP contribution in [-0.4, -0.2) is 89.1 Å². The summed E-state index contributed by atoms with van der Waals surface area (Å²) in [5.74, 6) is -1.23. The zero-order valence-corrected chi connectivity index (χ0v) is 23.6. The van der Waals surface area contributed by atoms with Gasteiger partial charge in [0.25, 0.3) is 5.91 Å². The predicted octanol–water partition coefficient (Wildman–Crippen LogP) is 4.80. The van der Waals surface area contributed by atoms with E-state index in [2.05, 4.69) is 47.0 Å². The first-order chi connectivity index (χ1) is 19.9. The lowest BCUT2D eigenvalue weighted by atomic mass is 10.1. The molecule has 9 nitrogen and oxygen atoms in total. The number of hydrogen-bond donors (Lipinski definition) is 0. The number of carbonyl (C=O) groups is 1. The van der Waals surface area contributed by atoms with E-state index < -0.39 is 17.8 Å². The normalized spacial score (nSPS) is 19.5. The van der Waals surface area contributed by atoms with E-state index in [0.717, 1.165) is 30.5 Å². The SMILES string of the molecule is [C-]#[N+]C[C@H]1CN(c2nc(OC[C@@H]3CCCN3C)nc3cc(-c4cccc5ccsc45)cnc23)CCN1C(=O)C(=C)F. The van der Waals surface area contributed by atoms with Gasteiger partial charge in [-0.15, -0.1) is 11.3 Å². The summed E-state index contributed by atoms with van der Waals surface area (Å²) < 4.78 is 21.1. The maximum absolute atomic E-state index is 13.7. The van der Waals surface area contributed by atoms with Crippen molar-refractivity contribution in [2.75, 3.05) is 51.3 Å². The Balaban J connectivity index is 1.39. The summed E-state index contributed by atoms with van der Waals surface area (Å²) in [5.41, 5.74) is 3.28. The Morgan fingerprint density at radius 2 is 2.12 bits per heavy atom. The van der Waals surface area contributed by atoms with Crippen molar-refractivity contribution >= 4 is 44.2 Å². The molecule has 0 unspecified atom stereocenters. The van der Waals surface area contributed by atoms with Gasteiger partial charge in [0, 0.05) is 47.7 Å². The summed E-state index contributed by atoms with van der Waals surface area (Å²) in [6.07, 6.45) is 4.02. The van der Waals surface area contributed by atoms with Gasteiger partial charge in [0.2, 0.25) is 6.54 Å². The Morgan fingerprint density at radius 1 is 1.24 bits per heavy atom. The molecule has 2 fully saturated rings. The minimum atomic E-state index is -1.02. The molecule has 2 saturated heterocycles. The van der Waals surface area contributed by atoms with E-state index in [1.165, 1.54) is 15.0 Å². The van der Waals surface area contributed by atoms with Crippen LogP contribution >= 0.6 is 11.3 Å². The van der Waals surface area contributed by atoms with Gasteiger partial charge in [0.1, 0.15) is 18.2 Å². The third-order valence-electron chi connectivity index (χ3n) is 7.94. The molecule has 5 heterocycles. The number of likely N-dealkylation sites (tertiary alicyclic amines) is 1. The Kier molecular flexibility index (Phi) is 7.51. The van der Waals surface area contributed by atoms with Crippen molar-refractivity contribution in [2.45, 2.75) is 24.9 Å². The molecule has 2 atom stereocenters. The first kappa shape index (κ1) is 27.1. The van der Waals surface area contributed by atoms with Crippen LogP contribution in [0.3, 0.4) is 0 Å². The molecule has 1 aromatic carbocycles. The number of pyridine rings is 1. The van der Waals surface area contributed by atoms with Gasteiger partial charge in [-0.3, -0.25) is 9.78 Å². The Hall–Kier alpha value is -4.14. The van der Waals surface area contributed by atoms with E-state index >= 15 is 0 Å². The van der Waals surface area contributed by atoms with Crippen molar-refractivity contribution in [3.63, 3.8) is 0 Å². The molecule has 2 aliphatic rings. The molecule has 2 aliphatic heterocycles. The second-order valence-electron chi connectivity index (χ2n) is 10.5. The average molecular weight is 572 g/mol. The molecule has 0 saturated carbocycles. The number of thiophene rings is 1. The number of ether oxygens (including phenoxy) is 1. The number of hydrogen-bond acceptors (Lipinski definition) is 8. The molecule has 1 amide bonds. The fraction of sp³-hybridized carbons (Fsp3) is 0.367. The van der Waals surface area contributed by atoms with Crippen LogP contribution in [0, 0.1) is 6.57 Å². The monoisotopic (exact) mass is 571 g/mol. The highest BCUT2D eigenvalue weighted by Gasteiger charge is 2.35. The number of piperazine rings is 1. The quantitative estimate of drug-likeness (QED) is 0.233. The van der Waals surface area contributed by atoms with Crippen molar-refractivity contribution in [3.05, 3.63) is 65.7 Å². The number of rotatable bonds is 7. The molecule has 0 aliphatic carbocycles. The van der Waals surface area contributed by atoms with E-state index in [0.29, 0.717) is 42.6 Å². The highest BCUT2D eigenvalue weighted by Crippen LogP contribution is 2.35. The largest absolute Gasteiger partial charge is 0.462 e. The van der Waals surface area contributed by atoms with Crippen LogP contribution in [0.5, 0.6) is 6.01 Å². The third kappa shape index (κ3) is 5.33. The number of amides is 1. The topological polar surface area (TPSA) is 79.1 Å². The van der Waals surface area contributed by atoms with Gasteiger partial charge in [-0.1, -0.05) is 24.8 Å². The average Bonchev–Trinajstić information content (AvgIpc) is 3.63. The van der Waals surface area contributed by atoms with Gasteiger partial charge in [-0.2, -0.15) is 9.97 Å². The van der Waals surface area contributed by atoms with Gasteiger partial charge in [0.15, 0.2) is 11.6 Å². The third-order valence-corrected chi connectivity index (χ3v) is 8.90. The number of anilines is 1. The van der Waals surface area contributed by atoms with Gasteiger partial charge >= 0.3 is 6.01 Å². The highest BCUT2D eigenvalue weighted by atomic mass is 32.1. The smallest absolute Gasteiger partial charge is 0.319 e. The van der Waals surface area contributed by atoms with Crippen LogP contribution < -0.4 is 9.64 Å². The Morgan fingerprint density at radius 3 is 2.90 bits per heavy atom. The van der Waals surface area contributed by atoms with Crippen molar-refractivity contribution < 1.29 is 13.9 Å². The van der Waals surface area contributed by atoms with Crippen LogP contribution in [0.2, 0.25) is 0 Å². The first-order valence-electron chi connectivity index (χ1n) is 13.6. The van der Waals surface area contributed by atoms with E-state index in [9.17, 15) is 9.18 Å². The molecule has 3 aromatic heterocycles. The highest BCUT2D eigenvalue weighted by molar-refractivity contribution is 7.17. The van der Waals surface area contributed by atoms with Crippen LogP contribution in [0.4, 0.5) is 10.2 Å². The minimum absolute atomic E-state index is 0.0400. The number of fused-ring (bicyclic) bond motifs is 2. The number of aromatic nitrogens is 3. The fourth-order valence-corrected chi connectivity index (χ4v) is 6.66. The molecule has 11 heteroatoms. The zero-order valence-electron chi connectivity index (χ0n) is 22.8. The van der Waals surface area contributed by atoms with Gasteiger partial charge in [0.05, 0.1) is 5.52 Å². The summed E-state index contributed by atoms with van der Waals surface area (Å²) in [6, 6.07) is 10.4. The molecule has 6 rings (SSSR count). The minimum Gasteiger partial charge on any atom is -0.462 e. The maximum Gasteiger partial charge on any atom is 0.319 e. The van der Waals surface area contributed by atoms with Crippen molar-refractivity contribution in [3.8, 4) is 17.1 Å². The lowest BCUT2D eigenvalue weighted by Crippen LogP contribution is -2.56. The van der Waals surface area contributed by atoms with Crippen LogP contribution in [0.15, 0.2) is 54.3 Å². The second-order valence-corrected chi connectivity index (χ2v) is 11.4. The Bertz CT molecular complexity index is 1670. The van der Waals surface area contributed by atoms with Crippen LogP contribution in [-0.2, 0) is 4.79 Å². The maximum atomic E-state index is 13.7. The van der Waals surface area contributed by atoms with Crippen LogP contribution in [0.1, 0.15) is 12.8 Å². The lowest BCUT2D eigenvalue weighted by molar-refractivity contribution is -0.131. The fourth-order valence-electron chi connectivity index (χ4n) is 5.73. The summed E-state index contributed by atoms with van der Waals surface area (Å²) >= 11 is 1.69. The molecule has 210 valence electrons. The summed E-state index contributed by atoms with van der Waals surface area (Å²) in [7, 11) is 2.10. The van der Waals surface area contributed by atoms with Gasteiger partial charge in [-0.05, 0) is 49.3 Å². The zero-order chi connectivity index (χ0) is 28.5. The van der Waals surface area contributed by atoms with Gasteiger partial charge < -0.3 is 24.3 Å². The van der Waals surface area contributed by atoms with Crippen molar-refractivity contribution in [2.24, 2.45) is 0 Å². The van der Waals surface area contributed by atoms with E-state index in [1.807, 2.05) is 23.2 Å². The molecular weight excluding hydrogens is 541 g/mol. The molecule has 0 N–H and O–H groups in total. The first-order valence-corrected chi connectivity index (χ1v) is 14.5. The number of nitrogens with zero attached hydrogens (tertiary/aromatic N) is 7. The van der Waals surface area contributed by atoms with E-state index in [4.69, 9.17) is 26.3 Å². The summed E-state index contributed by atoms with van der Waals surface area (Å²) in [5, 5.41) is 3.26. The second kappa shape index (κ2) is 11.4. The molecular formula is C30H30FN7O2S. The van der Waals surface area contributed by atoms with Crippen LogP contribution in [0.25, 0.3) is 37.1 Å². The number of halogens is 1. The molecule has 41 heavy (non-hydrogen) atoms. The Labute approximate surface area is 241 Å². The molecule has 0 radical (unpaired) electrons. The summed E-state index contributed by atoms with van der Waals surface area (Å²) in [6.45, 7) is 13.0.